The lowest BCUT2D eigenvalue weighted by molar-refractivity contribution is 0.0324. The molecule has 1 aliphatic carbocycles. The predicted molar refractivity (Wildman–Crippen MR) is 97.3 cm³/mol. The molecule has 0 bridgehead atoms. The third-order valence-corrected chi connectivity index (χ3v) is 5.52. The van der Waals surface area contributed by atoms with Crippen molar-refractivity contribution in [3.05, 3.63) is 36.0 Å². The van der Waals surface area contributed by atoms with Crippen molar-refractivity contribution in [3.8, 4) is 0 Å². The third kappa shape index (κ3) is 4.19. The average molecular weight is 343 g/mol. The maximum atomic E-state index is 5.48. The molecule has 2 fully saturated rings. The van der Waals surface area contributed by atoms with Crippen LogP contribution >= 0.6 is 0 Å². The highest BCUT2D eigenvalue weighted by molar-refractivity contribution is 5.12. The van der Waals surface area contributed by atoms with Crippen LogP contribution in [0.3, 0.4) is 0 Å². The first-order chi connectivity index (χ1) is 12.4. The number of aromatic nitrogens is 3. The molecule has 2 aliphatic heterocycles. The molecule has 2 saturated heterocycles. The molecule has 6 heteroatoms. The maximum absolute atomic E-state index is 5.48. The van der Waals surface area contributed by atoms with E-state index in [1.54, 1.807) is 0 Å². The van der Waals surface area contributed by atoms with Gasteiger partial charge in [-0.15, -0.1) is 10.2 Å². The van der Waals surface area contributed by atoms with Crippen LogP contribution in [0.1, 0.15) is 36.8 Å². The Labute approximate surface area is 149 Å². The number of morpholine rings is 1. The van der Waals surface area contributed by atoms with Gasteiger partial charge in [-0.1, -0.05) is 24.3 Å². The zero-order valence-corrected chi connectivity index (χ0v) is 14.9. The largest absolute Gasteiger partial charge is 0.379 e. The van der Waals surface area contributed by atoms with Gasteiger partial charge in [-0.05, 0) is 38.3 Å². The van der Waals surface area contributed by atoms with E-state index in [2.05, 4.69) is 49.3 Å². The lowest BCUT2D eigenvalue weighted by Crippen LogP contribution is -2.36. The van der Waals surface area contributed by atoms with E-state index in [9.17, 15) is 0 Å². The molecule has 136 valence electrons. The summed E-state index contributed by atoms with van der Waals surface area (Å²) >= 11 is 0. The number of allylic oxidation sites excluding steroid dienone is 4. The number of nitrogens with zero attached hydrogens (tertiary/aromatic N) is 4. The minimum absolute atomic E-state index is 0.537. The van der Waals surface area contributed by atoms with Gasteiger partial charge >= 0.3 is 0 Å². The van der Waals surface area contributed by atoms with E-state index < -0.39 is 0 Å². The first-order valence-electron chi connectivity index (χ1n) is 9.66. The minimum Gasteiger partial charge on any atom is -0.379 e. The smallest absolute Gasteiger partial charge is 0.147 e. The van der Waals surface area contributed by atoms with Gasteiger partial charge in [-0.25, -0.2) is 0 Å². The van der Waals surface area contributed by atoms with Gasteiger partial charge in [0.1, 0.15) is 11.6 Å². The summed E-state index contributed by atoms with van der Waals surface area (Å²) in [5.74, 6) is 3.41. The Morgan fingerprint density at radius 1 is 1.12 bits per heavy atom. The molecular formula is C19H29N5O. The molecular weight excluding hydrogens is 314 g/mol. The van der Waals surface area contributed by atoms with E-state index in [0.717, 1.165) is 77.6 Å². The molecule has 0 aromatic carbocycles. The van der Waals surface area contributed by atoms with Crippen LogP contribution in [0.5, 0.6) is 0 Å². The highest BCUT2D eigenvalue weighted by Gasteiger charge is 2.25. The molecule has 4 rings (SSSR count). The number of nitrogens with one attached hydrogen (secondary N) is 1. The van der Waals surface area contributed by atoms with Crippen molar-refractivity contribution in [2.24, 2.45) is 5.92 Å². The summed E-state index contributed by atoms with van der Waals surface area (Å²) in [4.78, 5) is 2.44. The molecule has 1 aromatic heterocycles. The number of hydrogen-bond acceptors (Lipinski definition) is 5. The second-order valence-electron chi connectivity index (χ2n) is 7.31. The van der Waals surface area contributed by atoms with Crippen LogP contribution in [-0.2, 0) is 17.8 Å². The van der Waals surface area contributed by atoms with Crippen molar-refractivity contribution in [2.45, 2.75) is 38.3 Å². The molecule has 1 N–H and O–H groups in total. The van der Waals surface area contributed by atoms with Crippen molar-refractivity contribution >= 4 is 0 Å². The van der Waals surface area contributed by atoms with E-state index in [0.29, 0.717) is 11.8 Å². The molecule has 0 saturated carbocycles. The van der Waals surface area contributed by atoms with Crippen molar-refractivity contribution < 1.29 is 4.74 Å². The van der Waals surface area contributed by atoms with Crippen LogP contribution in [0, 0.1) is 5.92 Å². The van der Waals surface area contributed by atoms with Gasteiger partial charge in [-0.3, -0.25) is 4.90 Å². The van der Waals surface area contributed by atoms with Gasteiger partial charge in [-0.2, -0.15) is 0 Å². The quantitative estimate of drug-likeness (QED) is 0.882. The SMILES string of the molecule is C1=CCC(Cn2c(CN3CCOCC3)nnc2C2CCNCC2)C=C1. The van der Waals surface area contributed by atoms with Gasteiger partial charge < -0.3 is 14.6 Å². The molecule has 0 spiro atoms. The highest BCUT2D eigenvalue weighted by Crippen LogP contribution is 2.26. The third-order valence-electron chi connectivity index (χ3n) is 5.52. The first kappa shape index (κ1) is 16.9. The van der Waals surface area contributed by atoms with Gasteiger partial charge in [0.25, 0.3) is 0 Å². The predicted octanol–water partition coefficient (Wildman–Crippen LogP) is 1.71. The minimum atomic E-state index is 0.537. The molecule has 1 aromatic rings. The molecule has 1 unspecified atom stereocenters. The fourth-order valence-electron chi connectivity index (χ4n) is 4.01. The molecule has 1 atom stereocenters. The van der Waals surface area contributed by atoms with E-state index >= 15 is 0 Å². The first-order valence-corrected chi connectivity index (χ1v) is 9.66. The van der Waals surface area contributed by atoms with Crippen molar-refractivity contribution in [2.75, 3.05) is 39.4 Å². The van der Waals surface area contributed by atoms with Crippen molar-refractivity contribution in [1.82, 2.24) is 25.0 Å². The van der Waals surface area contributed by atoms with Crippen molar-refractivity contribution in [3.63, 3.8) is 0 Å². The van der Waals surface area contributed by atoms with Gasteiger partial charge in [0.05, 0.1) is 19.8 Å². The summed E-state index contributed by atoms with van der Waals surface area (Å²) < 4.78 is 7.91. The lowest BCUT2D eigenvalue weighted by atomic mass is 9.96. The van der Waals surface area contributed by atoms with Crippen LogP contribution in [0.4, 0.5) is 0 Å². The van der Waals surface area contributed by atoms with E-state index in [-0.39, 0.29) is 0 Å². The maximum Gasteiger partial charge on any atom is 0.147 e. The number of rotatable bonds is 5. The summed E-state index contributed by atoms with van der Waals surface area (Å²) in [6.07, 6.45) is 12.3. The summed E-state index contributed by atoms with van der Waals surface area (Å²) in [5, 5.41) is 12.7. The fraction of sp³-hybridized carbons (Fsp3) is 0.684. The Morgan fingerprint density at radius 3 is 2.72 bits per heavy atom. The highest BCUT2D eigenvalue weighted by atomic mass is 16.5. The van der Waals surface area contributed by atoms with E-state index in [4.69, 9.17) is 4.74 Å². The van der Waals surface area contributed by atoms with Crippen LogP contribution in [0.2, 0.25) is 0 Å². The van der Waals surface area contributed by atoms with Gasteiger partial charge in [0.15, 0.2) is 0 Å². The van der Waals surface area contributed by atoms with E-state index in [1.165, 1.54) is 5.82 Å². The fourth-order valence-corrected chi connectivity index (χ4v) is 4.01. The standard InChI is InChI=1S/C19H29N5O/c1-2-4-16(5-3-1)14-24-18(15-23-10-12-25-13-11-23)21-22-19(24)17-6-8-20-9-7-17/h1-4,16-17,20H,5-15H2. The molecule has 25 heavy (non-hydrogen) atoms. The van der Waals surface area contributed by atoms with E-state index in [1.807, 2.05) is 0 Å². The normalized spacial score (nSPS) is 25.5. The number of piperidine rings is 1. The van der Waals surface area contributed by atoms with Crippen LogP contribution < -0.4 is 5.32 Å². The number of hydrogen-bond donors (Lipinski definition) is 1. The number of ether oxygens (including phenoxy) is 1. The van der Waals surface area contributed by atoms with Gasteiger partial charge in [0.2, 0.25) is 0 Å². The average Bonchev–Trinajstić information content (AvgIpc) is 3.06. The monoisotopic (exact) mass is 343 g/mol. The lowest BCUT2D eigenvalue weighted by Gasteiger charge is -2.28. The Balaban J connectivity index is 1.54. The van der Waals surface area contributed by atoms with Gasteiger partial charge in [0, 0.05) is 25.6 Å². The zero-order valence-electron chi connectivity index (χ0n) is 14.9. The Bertz CT molecular complexity index is 611. The Morgan fingerprint density at radius 2 is 1.96 bits per heavy atom. The van der Waals surface area contributed by atoms with Crippen LogP contribution in [0.25, 0.3) is 0 Å². The molecule has 0 amide bonds. The molecule has 6 nitrogen and oxygen atoms in total. The molecule has 3 heterocycles. The zero-order chi connectivity index (χ0) is 16.9. The topological polar surface area (TPSA) is 55.2 Å². The summed E-state index contributed by atoms with van der Waals surface area (Å²) in [6, 6.07) is 0. The van der Waals surface area contributed by atoms with Crippen molar-refractivity contribution in [1.29, 1.82) is 0 Å². The summed E-state index contributed by atoms with van der Waals surface area (Å²) in [5.41, 5.74) is 0. The van der Waals surface area contributed by atoms with Crippen LogP contribution in [-0.4, -0.2) is 59.1 Å². The molecule has 3 aliphatic rings. The summed E-state index contributed by atoms with van der Waals surface area (Å²) in [6.45, 7) is 7.67. The molecule has 0 radical (unpaired) electrons. The van der Waals surface area contributed by atoms with Crippen LogP contribution in [0.15, 0.2) is 24.3 Å². The second kappa shape index (κ2) is 8.25. The Kier molecular flexibility index (Phi) is 5.59. The second-order valence-corrected chi connectivity index (χ2v) is 7.31. The summed E-state index contributed by atoms with van der Waals surface area (Å²) in [7, 11) is 0. The Hall–Kier alpha value is -1.50.